The summed E-state index contributed by atoms with van der Waals surface area (Å²) >= 11 is 2.78. The van der Waals surface area contributed by atoms with Crippen LogP contribution in [-0.4, -0.2) is 36.5 Å². The van der Waals surface area contributed by atoms with Crippen molar-refractivity contribution in [3.63, 3.8) is 0 Å². The Balaban J connectivity index is 3.12. The standard InChI is InChI=1S/C17H35O2.HI.Mg/c1-4-6-7-8-9-10-14-18-16-19-15-11-13-17(3)12-5-2;;/h5,17H,4,6-16H2,1-3H3;1H;/q;;+1/p-1. The minimum atomic E-state index is 0.162. The van der Waals surface area contributed by atoms with E-state index in [1.807, 2.05) is 0 Å². The lowest BCUT2D eigenvalue weighted by Gasteiger charge is -2.15. The highest BCUT2D eigenvalue weighted by molar-refractivity contribution is 14.1. The Hall–Kier alpha value is 1.42. The number of halogens is 1. The maximum absolute atomic E-state index is 5.55. The van der Waals surface area contributed by atoms with Crippen molar-refractivity contribution in [2.75, 3.05) is 20.0 Å². The van der Waals surface area contributed by atoms with E-state index in [-0.39, 0.29) is 16.5 Å². The van der Waals surface area contributed by atoms with E-state index >= 15 is 0 Å². The molecule has 2 unspecified atom stereocenters. The van der Waals surface area contributed by atoms with E-state index in [9.17, 15) is 0 Å². The molecule has 0 rings (SSSR count). The van der Waals surface area contributed by atoms with E-state index in [4.69, 9.17) is 9.47 Å². The van der Waals surface area contributed by atoms with Crippen LogP contribution < -0.4 is 0 Å². The highest BCUT2D eigenvalue weighted by Gasteiger charge is 2.09. The average molecular weight is 423 g/mol. The van der Waals surface area contributed by atoms with Crippen molar-refractivity contribution in [2.24, 2.45) is 5.92 Å². The molecule has 0 amide bonds. The summed E-state index contributed by atoms with van der Waals surface area (Å²) in [5.74, 6) is 0.856. The summed E-state index contributed by atoms with van der Waals surface area (Å²) in [6, 6.07) is 0. The second kappa shape index (κ2) is 17.8. The first kappa shape index (κ1) is 22.4. The first-order valence-electron chi connectivity index (χ1n) is 8.92. The van der Waals surface area contributed by atoms with Crippen LogP contribution in [0.1, 0.15) is 78.6 Å². The van der Waals surface area contributed by atoms with Crippen LogP contribution in [0.4, 0.5) is 0 Å². The highest BCUT2D eigenvalue weighted by Crippen LogP contribution is 2.21. The topological polar surface area (TPSA) is 18.5 Å². The van der Waals surface area contributed by atoms with Gasteiger partial charge in [-0.25, -0.2) is 0 Å². The molecule has 0 aliphatic heterocycles. The SMILES string of the molecule is CCCCCCCCOCOCCCC(C)C[CH](C)[Mg][I]. The molecule has 0 saturated heterocycles. The Morgan fingerprint density at radius 3 is 2.19 bits per heavy atom. The highest BCUT2D eigenvalue weighted by atomic mass is 127. The number of hydrogen-bond acceptors (Lipinski definition) is 2. The Morgan fingerprint density at radius 2 is 1.52 bits per heavy atom. The Kier molecular flexibility index (Phi) is 19.0. The number of ether oxygens (including phenoxy) is 2. The predicted octanol–water partition coefficient (Wildman–Crippen LogP) is 6.01. The van der Waals surface area contributed by atoms with Gasteiger partial charge in [0.05, 0.1) is 0 Å². The predicted molar refractivity (Wildman–Crippen MR) is 102 cm³/mol. The zero-order chi connectivity index (χ0) is 15.8. The van der Waals surface area contributed by atoms with Gasteiger partial charge in [0.1, 0.15) is 6.79 Å². The monoisotopic (exact) mass is 422 g/mol. The minimum Gasteiger partial charge on any atom is -0.355 e. The van der Waals surface area contributed by atoms with Crippen LogP contribution in [0.3, 0.4) is 0 Å². The third kappa shape index (κ3) is 17.6. The normalized spacial score (nSPS) is 13.9. The molecule has 0 spiro atoms. The third-order valence-electron chi connectivity index (χ3n) is 3.86. The van der Waals surface area contributed by atoms with Gasteiger partial charge in [-0.3, -0.25) is 0 Å². The summed E-state index contributed by atoms with van der Waals surface area (Å²) in [5.41, 5.74) is 0. The van der Waals surface area contributed by atoms with Crippen LogP contribution in [-0.2, 0) is 9.47 Å². The molecule has 2 atom stereocenters. The van der Waals surface area contributed by atoms with Gasteiger partial charge in [-0.2, -0.15) is 0 Å². The molecule has 0 fully saturated rings. The van der Waals surface area contributed by atoms with Crippen LogP contribution in [0, 0.1) is 5.92 Å². The van der Waals surface area contributed by atoms with Gasteiger partial charge >= 0.3 is 16.5 Å². The van der Waals surface area contributed by atoms with Gasteiger partial charge in [0.2, 0.25) is 0 Å². The van der Waals surface area contributed by atoms with Crippen molar-refractivity contribution in [1.82, 2.24) is 0 Å². The number of hydrogen-bond donors (Lipinski definition) is 0. The molecule has 2 nitrogen and oxygen atoms in total. The van der Waals surface area contributed by atoms with Gasteiger partial charge in [-0.15, -0.1) is 4.05 Å². The Morgan fingerprint density at radius 1 is 0.905 bits per heavy atom. The number of unbranched alkanes of at least 4 members (excludes halogenated alkanes) is 5. The van der Waals surface area contributed by atoms with Gasteiger partial charge in [0, 0.05) is 13.2 Å². The molecule has 0 aromatic heterocycles. The van der Waals surface area contributed by atoms with Crippen LogP contribution in [0.2, 0.25) is 4.05 Å². The Bertz CT molecular complexity index is 205. The van der Waals surface area contributed by atoms with Crippen LogP contribution in [0.5, 0.6) is 0 Å². The Labute approximate surface area is 152 Å². The smallest absolute Gasteiger partial charge is 0.355 e. The molecule has 0 bridgehead atoms. The lowest BCUT2D eigenvalue weighted by Crippen LogP contribution is -2.06. The van der Waals surface area contributed by atoms with E-state index in [2.05, 4.69) is 39.6 Å². The van der Waals surface area contributed by atoms with Crippen LogP contribution >= 0.6 is 18.9 Å². The summed E-state index contributed by atoms with van der Waals surface area (Å²) in [4.78, 5) is 0. The lowest BCUT2D eigenvalue weighted by atomic mass is 10.0. The molecule has 0 saturated carbocycles. The fraction of sp³-hybridized carbons (Fsp3) is 1.00. The maximum atomic E-state index is 5.55. The van der Waals surface area contributed by atoms with E-state index in [1.54, 1.807) is 0 Å². The molecule has 0 heterocycles. The van der Waals surface area contributed by atoms with Crippen LogP contribution in [0.25, 0.3) is 0 Å². The van der Waals surface area contributed by atoms with Gasteiger partial charge in [-0.1, -0.05) is 59.3 Å². The van der Waals surface area contributed by atoms with Gasteiger partial charge < -0.3 is 28.3 Å². The molecule has 0 radical (unpaired) electrons. The fourth-order valence-corrected chi connectivity index (χ4v) is 4.34. The van der Waals surface area contributed by atoms with Gasteiger partial charge in [0.25, 0.3) is 0 Å². The van der Waals surface area contributed by atoms with E-state index in [1.165, 1.54) is 57.8 Å². The molecule has 0 aromatic rings. The van der Waals surface area contributed by atoms with E-state index < -0.39 is 0 Å². The zero-order valence-electron chi connectivity index (χ0n) is 14.5. The first-order valence-corrected chi connectivity index (χ1v) is 14.8. The number of rotatable bonds is 16. The molecule has 0 N–H and O–H groups in total. The summed E-state index contributed by atoms with van der Waals surface area (Å²) in [5, 5.41) is 0. The quantitative estimate of drug-likeness (QED) is 0.131. The first-order chi connectivity index (χ1) is 10.2. The van der Waals surface area contributed by atoms with Crippen molar-refractivity contribution in [1.29, 1.82) is 0 Å². The largest absolute Gasteiger partial charge is 0.466 e. The molecule has 0 aliphatic carbocycles. The molecule has 0 aliphatic rings. The van der Waals surface area contributed by atoms with Crippen molar-refractivity contribution in [3.05, 3.63) is 0 Å². The average Bonchev–Trinajstić information content (AvgIpc) is 2.48. The fourth-order valence-electron chi connectivity index (χ4n) is 2.56. The summed E-state index contributed by atoms with van der Waals surface area (Å²) in [6.45, 7) is 9.25. The summed E-state index contributed by atoms with van der Waals surface area (Å²) in [6.07, 6.45) is 11.8. The van der Waals surface area contributed by atoms with E-state index in [0.29, 0.717) is 6.79 Å². The summed E-state index contributed by atoms with van der Waals surface area (Å²) < 4.78 is 12.0. The van der Waals surface area contributed by atoms with Gasteiger partial charge in [-0.05, 0) is 25.2 Å². The molecular formula is C17H35IMgO2. The third-order valence-corrected chi connectivity index (χ3v) is 9.23. The molecular weight excluding hydrogens is 387 g/mol. The van der Waals surface area contributed by atoms with Crippen LogP contribution in [0.15, 0.2) is 0 Å². The second-order valence-corrected chi connectivity index (χ2v) is 10.8. The van der Waals surface area contributed by atoms with Crippen molar-refractivity contribution >= 4 is 35.3 Å². The minimum absolute atomic E-state index is 0.162. The molecule has 21 heavy (non-hydrogen) atoms. The maximum Gasteiger partial charge on any atom is 0.466 e. The zero-order valence-corrected chi connectivity index (χ0v) is 18.1. The molecule has 124 valence electrons. The lowest BCUT2D eigenvalue weighted by molar-refractivity contribution is -0.0560. The molecule has 0 aromatic carbocycles. The van der Waals surface area contributed by atoms with Crippen molar-refractivity contribution in [2.45, 2.75) is 82.6 Å². The molecule has 4 heteroatoms. The second-order valence-electron chi connectivity index (χ2n) is 6.44. The summed E-state index contributed by atoms with van der Waals surface area (Å²) in [7, 11) is 0. The van der Waals surface area contributed by atoms with Crippen molar-refractivity contribution in [3.8, 4) is 0 Å². The van der Waals surface area contributed by atoms with Gasteiger partial charge in [0.15, 0.2) is 0 Å². The van der Waals surface area contributed by atoms with Crippen molar-refractivity contribution < 1.29 is 9.47 Å². The van der Waals surface area contributed by atoms with E-state index in [0.717, 1.165) is 23.2 Å².